The van der Waals surface area contributed by atoms with Crippen LogP contribution < -0.4 is 14.8 Å². The minimum Gasteiger partial charge on any atom is -0.493 e. The molecule has 1 saturated heterocycles. The first-order chi connectivity index (χ1) is 9.10. The Morgan fingerprint density at radius 2 is 2.16 bits per heavy atom. The third kappa shape index (κ3) is 3.60. The smallest absolute Gasteiger partial charge is 0.163 e. The van der Waals surface area contributed by atoms with Gasteiger partial charge in [0.05, 0.1) is 13.2 Å². The average molecular weight is 267 g/mol. The predicted octanol–water partition coefficient (Wildman–Crippen LogP) is 2.92. The van der Waals surface area contributed by atoms with E-state index in [1.807, 2.05) is 13.8 Å². The number of hydrogen-bond acceptors (Lipinski definition) is 3. The lowest BCUT2D eigenvalue weighted by Crippen LogP contribution is -2.24. The maximum absolute atomic E-state index is 14.0. The molecule has 2 rings (SSSR count). The van der Waals surface area contributed by atoms with Crippen LogP contribution in [0.15, 0.2) is 12.1 Å². The van der Waals surface area contributed by atoms with Gasteiger partial charge in [0.15, 0.2) is 11.5 Å². The minimum absolute atomic E-state index is 0.0387. The maximum atomic E-state index is 14.0. The molecule has 0 aromatic heterocycles. The van der Waals surface area contributed by atoms with Crippen molar-refractivity contribution >= 4 is 0 Å². The van der Waals surface area contributed by atoms with Crippen molar-refractivity contribution in [2.24, 2.45) is 0 Å². The Hall–Kier alpha value is -1.29. The normalized spacial score (nSPS) is 18.9. The number of ether oxygens (including phenoxy) is 2. The Morgan fingerprint density at radius 1 is 1.37 bits per heavy atom. The van der Waals surface area contributed by atoms with Crippen LogP contribution in [0.5, 0.6) is 11.5 Å². The fourth-order valence-corrected chi connectivity index (χ4v) is 2.44. The molecule has 1 fully saturated rings. The highest BCUT2D eigenvalue weighted by Crippen LogP contribution is 2.32. The molecular formula is C15H22FNO2. The third-order valence-electron chi connectivity index (χ3n) is 3.32. The molecule has 1 heterocycles. The van der Waals surface area contributed by atoms with E-state index in [1.54, 1.807) is 6.07 Å². The van der Waals surface area contributed by atoms with Crippen LogP contribution in [0, 0.1) is 5.82 Å². The molecule has 0 amide bonds. The van der Waals surface area contributed by atoms with E-state index in [4.69, 9.17) is 9.47 Å². The molecule has 0 spiro atoms. The Kier molecular flexibility index (Phi) is 4.64. The topological polar surface area (TPSA) is 30.5 Å². The zero-order valence-corrected chi connectivity index (χ0v) is 11.8. The Bertz CT molecular complexity index is 428. The van der Waals surface area contributed by atoms with Crippen LogP contribution in [0.1, 0.15) is 32.3 Å². The van der Waals surface area contributed by atoms with Crippen molar-refractivity contribution in [1.82, 2.24) is 5.32 Å². The lowest BCUT2D eigenvalue weighted by molar-refractivity contribution is 0.229. The van der Waals surface area contributed by atoms with Gasteiger partial charge in [0.25, 0.3) is 0 Å². The van der Waals surface area contributed by atoms with Gasteiger partial charge in [0.2, 0.25) is 0 Å². The van der Waals surface area contributed by atoms with Crippen LogP contribution in [0.25, 0.3) is 0 Å². The zero-order valence-electron chi connectivity index (χ0n) is 11.8. The van der Waals surface area contributed by atoms with Gasteiger partial charge in [-0.3, -0.25) is 0 Å². The van der Waals surface area contributed by atoms with E-state index in [-0.39, 0.29) is 11.9 Å². The lowest BCUT2D eigenvalue weighted by Gasteiger charge is -2.17. The average Bonchev–Trinajstić information content (AvgIpc) is 2.85. The summed E-state index contributed by atoms with van der Waals surface area (Å²) in [5.74, 6) is 0.850. The summed E-state index contributed by atoms with van der Waals surface area (Å²) in [6, 6.07) is 3.56. The maximum Gasteiger partial charge on any atom is 0.163 e. The first-order valence-electron chi connectivity index (χ1n) is 6.86. The lowest BCUT2D eigenvalue weighted by atomic mass is 10.0. The van der Waals surface area contributed by atoms with Gasteiger partial charge in [-0.25, -0.2) is 4.39 Å². The molecule has 1 unspecified atom stereocenters. The van der Waals surface area contributed by atoms with Crippen molar-refractivity contribution in [1.29, 1.82) is 0 Å². The van der Waals surface area contributed by atoms with Crippen LogP contribution in [-0.4, -0.2) is 25.8 Å². The SMILES string of the molecule is COc1cc(F)c(CC2CCCN2)cc1OC(C)C. The van der Waals surface area contributed by atoms with Gasteiger partial charge in [0.1, 0.15) is 5.82 Å². The predicted molar refractivity (Wildman–Crippen MR) is 73.4 cm³/mol. The second-order valence-electron chi connectivity index (χ2n) is 5.26. The van der Waals surface area contributed by atoms with Crippen LogP contribution in [0.4, 0.5) is 4.39 Å². The molecule has 0 bridgehead atoms. The number of halogens is 1. The van der Waals surface area contributed by atoms with E-state index in [1.165, 1.54) is 13.2 Å². The summed E-state index contributed by atoms with van der Waals surface area (Å²) in [6.07, 6.45) is 3.00. The number of hydrogen-bond donors (Lipinski definition) is 1. The minimum atomic E-state index is -0.221. The summed E-state index contributed by atoms with van der Waals surface area (Å²) in [7, 11) is 1.53. The van der Waals surface area contributed by atoms with Crippen molar-refractivity contribution < 1.29 is 13.9 Å². The summed E-state index contributed by atoms with van der Waals surface area (Å²) in [4.78, 5) is 0. The van der Waals surface area contributed by atoms with E-state index >= 15 is 0 Å². The van der Waals surface area contributed by atoms with E-state index in [0.29, 0.717) is 29.5 Å². The number of nitrogens with one attached hydrogen (secondary N) is 1. The molecule has 19 heavy (non-hydrogen) atoms. The monoisotopic (exact) mass is 267 g/mol. The summed E-state index contributed by atoms with van der Waals surface area (Å²) in [5.41, 5.74) is 0.691. The molecule has 3 nitrogen and oxygen atoms in total. The molecule has 1 aromatic rings. The largest absolute Gasteiger partial charge is 0.493 e. The van der Waals surface area contributed by atoms with E-state index in [9.17, 15) is 4.39 Å². The van der Waals surface area contributed by atoms with Crippen molar-refractivity contribution in [2.75, 3.05) is 13.7 Å². The molecule has 0 saturated carbocycles. The second-order valence-corrected chi connectivity index (χ2v) is 5.26. The molecule has 0 radical (unpaired) electrons. The molecule has 1 aliphatic heterocycles. The van der Waals surface area contributed by atoms with Gasteiger partial charge < -0.3 is 14.8 Å². The molecule has 1 atom stereocenters. The summed E-state index contributed by atoms with van der Waals surface area (Å²) < 4.78 is 24.9. The summed E-state index contributed by atoms with van der Waals surface area (Å²) in [5, 5.41) is 3.38. The van der Waals surface area contributed by atoms with Crippen LogP contribution in [0.2, 0.25) is 0 Å². The van der Waals surface area contributed by atoms with Gasteiger partial charge in [-0.1, -0.05) is 0 Å². The van der Waals surface area contributed by atoms with Gasteiger partial charge in [0, 0.05) is 12.1 Å². The van der Waals surface area contributed by atoms with Crippen molar-refractivity contribution in [3.8, 4) is 11.5 Å². The first-order valence-corrected chi connectivity index (χ1v) is 6.86. The molecule has 1 aromatic carbocycles. The van der Waals surface area contributed by atoms with Crippen LogP contribution in [0.3, 0.4) is 0 Å². The molecule has 4 heteroatoms. The van der Waals surface area contributed by atoms with E-state index in [0.717, 1.165) is 19.4 Å². The molecule has 0 aliphatic carbocycles. The third-order valence-corrected chi connectivity index (χ3v) is 3.32. The van der Waals surface area contributed by atoms with Gasteiger partial charge in [-0.15, -0.1) is 0 Å². The number of rotatable bonds is 5. The van der Waals surface area contributed by atoms with Crippen LogP contribution >= 0.6 is 0 Å². The second kappa shape index (κ2) is 6.24. The van der Waals surface area contributed by atoms with Crippen LogP contribution in [-0.2, 0) is 6.42 Å². The quantitative estimate of drug-likeness (QED) is 0.889. The van der Waals surface area contributed by atoms with E-state index in [2.05, 4.69) is 5.32 Å². The van der Waals surface area contributed by atoms with Crippen molar-refractivity contribution in [2.45, 2.75) is 45.3 Å². The first kappa shape index (κ1) is 14.1. The number of methoxy groups -OCH3 is 1. The fourth-order valence-electron chi connectivity index (χ4n) is 2.44. The highest BCUT2D eigenvalue weighted by molar-refractivity contribution is 5.44. The van der Waals surface area contributed by atoms with Gasteiger partial charge in [-0.05, 0) is 51.3 Å². The summed E-state index contributed by atoms with van der Waals surface area (Å²) >= 11 is 0. The summed E-state index contributed by atoms with van der Waals surface area (Å²) in [6.45, 7) is 4.92. The Labute approximate surface area is 114 Å². The van der Waals surface area contributed by atoms with E-state index < -0.39 is 0 Å². The van der Waals surface area contributed by atoms with Crippen molar-refractivity contribution in [3.05, 3.63) is 23.5 Å². The van der Waals surface area contributed by atoms with Gasteiger partial charge in [-0.2, -0.15) is 0 Å². The standard InChI is InChI=1S/C15H22FNO2/c1-10(2)19-15-8-11(7-12-5-4-6-17-12)13(16)9-14(15)18-3/h8-10,12,17H,4-7H2,1-3H3. The highest BCUT2D eigenvalue weighted by Gasteiger charge is 2.19. The molecular weight excluding hydrogens is 245 g/mol. The highest BCUT2D eigenvalue weighted by atomic mass is 19.1. The Morgan fingerprint density at radius 3 is 2.74 bits per heavy atom. The number of benzene rings is 1. The molecule has 1 N–H and O–H groups in total. The molecule has 1 aliphatic rings. The molecule has 106 valence electrons. The van der Waals surface area contributed by atoms with Crippen molar-refractivity contribution in [3.63, 3.8) is 0 Å². The Balaban J connectivity index is 2.21. The zero-order chi connectivity index (χ0) is 13.8. The fraction of sp³-hybridized carbons (Fsp3) is 0.600. The van der Waals surface area contributed by atoms with Gasteiger partial charge >= 0.3 is 0 Å².